The quantitative estimate of drug-likeness (QED) is 0.806. The van der Waals surface area contributed by atoms with Crippen LogP contribution < -0.4 is 0 Å². The normalized spacial score (nSPS) is 21.6. The standard InChI is InChI=1S/C13H20O4/c1-7-8(2)10(11(14)15)16-12(9(7)3)17-13(4,5)6/h12H,1-6H3,(H,14,15). The van der Waals surface area contributed by atoms with E-state index in [1.165, 1.54) is 0 Å². The molecular weight excluding hydrogens is 220 g/mol. The third kappa shape index (κ3) is 3.09. The minimum Gasteiger partial charge on any atom is -0.475 e. The van der Waals surface area contributed by atoms with E-state index in [1.54, 1.807) is 6.92 Å². The molecule has 0 saturated heterocycles. The van der Waals surface area contributed by atoms with E-state index in [0.29, 0.717) is 5.57 Å². The van der Waals surface area contributed by atoms with Gasteiger partial charge in [-0.3, -0.25) is 0 Å². The Labute approximate surface area is 102 Å². The Morgan fingerprint density at radius 2 is 1.76 bits per heavy atom. The van der Waals surface area contributed by atoms with Gasteiger partial charge >= 0.3 is 5.97 Å². The van der Waals surface area contributed by atoms with Gasteiger partial charge in [-0.1, -0.05) is 0 Å². The van der Waals surface area contributed by atoms with Gasteiger partial charge in [0, 0.05) is 5.57 Å². The van der Waals surface area contributed by atoms with Gasteiger partial charge in [0.15, 0.2) is 0 Å². The molecule has 1 aliphatic heterocycles. The number of rotatable bonds is 2. The Morgan fingerprint density at radius 1 is 1.24 bits per heavy atom. The lowest BCUT2D eigenvalue weighted by Gasteiger charge is -2.32. The van der Waals surface area contributed by atoms with E-state index in [1.807, 2.05) is 34.6 Å². The first-order valence-electron chi connectivity index (χ1n) is 5.60. The fourth-order valence-corrected chi connectivity index (χ4v) is 1.57. The zero-order valence-electron chi connectivity index (χ0n) is 11.2. The SMILES string of the molecule is CC1=C(C(=O)O)OC(OC(C)(C)C)C(C)=C1C. The molecule has 96 valence electrons. The average molecular weight is 240 g/mol. The molecule has 4 nitrogen and oxygen atoms in total. The summed E-state index contributed by atoms with van der Waals surface area (Å²) < 4.78 is 11.1. The Balaban J connectivity index is 3.07. The van der Waals surface area contributed by atoms with Crippen molar-refractivity contribution in [2.45, 2.75) is 53.4 Å². The van der Waals surface area contributed by atoms with E-state index in [2.05, 4.69) is 0 Å². The van der Waals surface area contributed by atoms with E-state index in [9.17, 15) is 4.79 Å². The molecule has 1 unspecified atom stereocenters. The van der Waals surface area contributed by atoms with E-state index in [-0.39, 0.29) is 11.4 Å². The van der Waals surface area contributed by atoms with Gasteiger partial charge in [-0.05, 0) is 52.7 Å². The minimum atomic E-state index is -1.06. The Bertz CT molecular complexity index is 396. The smallest absolute Gasteiger partial charge is 0.371 e. The molecule has 0 aromatic heterocycles. The summed E-state index contributed by atoms with van der Waals surface area (Å²) in [5.74, 6) is -1.08. The molecule has 0 bridgehead atoms. The minimum absolute atomic E-state index is 0.0256. The molecule has 0 fully saturated rings. The Hall–Kier alpha value is -1.29. The van der Waals surface area contributed by atoms with Crippen molar-refractivity contribution in [1.29, 1.82) is 0 Å². The van der Waals surface area contributed by atoms with Crippen molar-refractivity contribution in [3.8, 4) is 0 Å². The third-order valence-corrected chi connectivity index (χ3v) is 2.73. The molecular formula is C13H20O4. The lowest BCUT2D eigenvalue weighted by molar-refractivity contribution is -0.170. The van der Waals surface area contributed by atoms with Gasteiger partial charge in [0.1, 0.15) is 0 Å². The Kier molecular flexibility index (Phi) is 3.67. The number of carboxylic acid groups (broad SMARTS) is 1. The number of carbonyl (C=O) groups is 1. The number of aliphatic carboxylic acids is 1. The molecule has 4 heteroatoms. The summed E-state index contributed by atoms with van der Waals surface area (Å²) in [6, 6.07) is 0. The lowest BCUT2D eigenvalue weighted by Crippen LogP contribution is -2.33. The van der Waals surface area contributed by atoms with Gasteiger partial charge in [0.2, 0.25) is 12.0 Å². The van der Waals surface area contributed by atoms with Crippen LogP contribution in [0.15, 0.2) is 22.5 Å². The number of allylic oxidation sites excluding steroid dienone is 2. The second-order valence-electron chi connectivity index (χ2n) is 5.25. The van der Waals surface area contributed by atoms with Crippen LogP contribution in [-0.2, 0) is 14.3 Å². The highest BCUT2D eigenvalue weighted by Gasteiger charge is 2.31. The average Bonchev–Trinajstić information content (AvgIpc) is 2.16. The summed E-state index contributed by atoms with van der Waals surface area (Å²) in [6.45, 7) is 11.2. The van der Waals surface area contributed by atoms with Crippen molar-refractivity contribution in [2.75, 3.05) is 0 Å². The number of ether oxygens (including phenoxy) is 2. The van der Waals surface area contributed by atoms with Crippen LogP contribution in [0.1, 0.15) is 41.5 Å². The Morgan fingerprint density at radius 3 is 2.18 bits per heavy atom. The summed E-state index contributed by atoms with van der Waals surface area (Å²) in [5, 5.41) is 9.07. The zero-order chi connectivity index (χ0) is 13.4. The largest absolute Gasteiger partial charge is 0.475 e. The summed E-state index contributed by atoms with van der Waals surface area (Å²) in [7, 11) is 0. The molecule has 1 aliphatic rings. The van der Waals surface area contributed by atoms with E-state index in [0.717, 1.165) is 11.1 Å². The summed E-state index contributed by atoms with van der Waals surface area (Å²) in [6.07, 6.45) is -0.621. The molecule has 0 amide bonds. The van der Waals surface area contributed by atoms with Crippen molar-refractivity contribution < 1.29 is 19.4 Å². The van der Waals surface area contributed by atoms with Gasteiger partial charge in [0.25, 0.3) is 0 Å². The fourth-order valence-electron chi connectivity index (χ4n) is 1.57. The second-order valence-corrected chi connectivity index (χ2v) is 5.25. The van der Waals surface area contributed by atoms with E-state index < -0.39 is 12.3 Å². The molecule has 1 heterocycles. The molecule has 17 heavy (non-hydrogen) atoms. The fraction of sp³-hybridized carbons (Fsp3) is 0.615. The summed E-state index contributed by atoms with van der Waals surface area (Å²) >= 11 is 0. The first-order valence-corrected chi connectivity index (χ1v) is 5.60. The van der Waals surface area contributed by atoms with Crippen molar-refractivity contribution in [2.24, 2.45) is 0 Å². The van der Waals surface area contributed by atoms with E-state index in [4.69, 9.17) is 14.6 Å². The zero-order valence-corrected chi connectivity index (χ0v) is 11.2. The predicted octanol–water partition coefficient (Wildman–Crippen LogP) is 2.85. The van der Waals surface area contributed by atoms with Crippen LogP contribution in [0.25, 0.3) is 0 Å². The third-order valence-electron chi connectivity index (χ3n) is 2.73. The molecule has 1 N–H and O–H groups in total. The van der Waals surface area contributed by atoms with Crippen molar-refractivity contribution in [3.63, 3.8) is 0 Å². The first kappa shape index (κ1) is 13.8. The lowest BCUT2D eigenvalue weighted by atomic mass is 9.99. The monoisotopic (exact) mass is 240 g/mol. The van der Waals surface area contributed by atoms with Crippen LogP contribution in [0.4, 0.5) is 0 Å². The van der Waals surface area contributed by atoms with Crippen molar-refractivity contribution in [1.82, 2.24) is 0 Å². The molecule has 0 aliphatic carbocycles. The summed E-state index contributed by atoms with van der Waals surface area (Å²) in [4.78, 5) is 11.1. The number of hydrogen-bond acceptors (Lipinski definition) is 3. The predicted molar refractivity (Wildman–Crippen MR) is 64.4 cm³/mol. The van der Waals surface area contributed by atoms with Crippen molar-refractivity contribution >= 4 is 5.97 Å². The maximum atomic E-state index is 11.1. The molecule has 1 rings (SSSR count). The highest BCUT2D eigenvalue weighted by molar-refractivity contribution is 5.86. The molecule has 1 atom stereocenters. The van der Waals surface area contributed by atoms with Gasteiger partial charge in [-0.15, -0.1) is 0 Å². The van der Waals surface area contributed by atoms with Gasteiger partial charge < -0.3 is 14.6 Å². The second kappa shape index (κ2) is 4.53. The highest BCUT2D eigenvalue weighted by Crippen LogP contribution is 2.31. The van der Waals surface area contributed by atoms with Crippen molar-refractivity contribution in [3.05, 3.63) is 22.5 Å². The highest BCUT2D eigenvalue weighted by atomic mass is 16.7. The molecule has 0 saturated carbocycles. The maximum Gasteiger partial charge on any atom is 0.371 e. The topological polar surface area (TPSA) is 55.8 Å². The number of hydrogen-bond donors (Lipinski definition) is 1. The van der Waals surface area contributed by atoms with Crippen LogP contribution in [-0.4, -0.2) is 23.0 Å². The van der Waals surface area contributed by atoms with Crippen LogP contribution in [0.2, 0.25) is 0 Å². The summed E-state index contributed by atoms with van der Waals surface area (Å²) in [5.41, 5.74) is 2.11. The van der Waals surface area contributed by atoms with Crippen LogP contribution in [0, 0.1) is 0 Å². The van der Waals surface area contributed by atoms with E-state index >= 15 is 0 Å². The molecule has 0 spiro atoms. The van der Waals surface area contributed by atoms with Gasteiger partial charge in [0.05, 0.1) is 5.60 Å². The maximum absolute atomic E-state index is 11.1. The molecule has 0 aromatic carbocycles. The van der Waals surface area contributed by atoms with Crippen LogP contribution >= 0.6 is 0 Å². The van der Waals surface area contributed by atoms with Gasteiger partial charge in [-0.25, -0.2) is 4.79 Å². The van der Waals surface area contributed by atoms with Crippen LogP contribution in [0.3, 0.4) is 0 Å². The van der Waals surface area contributed by atoms with Crippen LogP contribution in [0.5, 0.6) is 0 Å². The number of carboxylic acids is 1. The molecule has 0 aromatic rings. The molecule has 0 radical (unpaired) electrons. The van der Waals surface area contributed by atoms with Gasteiger partial charge in [-0.2, -0.15) is 0 Å². The first-order chi connectivity index (χ1) is 7.63.